The van der Waals surface area contributed by atoms with E-state index in [9.17, 15) is 31.1 Å². The summed E-state index contributed by atoms with van der Waals surface area (Å²) in [6, 6.07) is 14.2. The van der Waals surface area contributed by atoms with Crippen LogP contribution >= 0.6 is 11.3 Å². The molecule has 11 heteroatoms. The third-order valence-electron chi connectivity index (χ3n) is 6.21. The third kappa shape index (κ3) is 5.23. The molecule has 0 aliphatic carbocycles. The van der Waals surface area contributed by atoms with Crippen molar-refractivity contribution in [1.82, 2.24) is 4.31 Å². The summed E-state index contributed by atoms with van der Waals surface area (Å²) < 4.78 is 81.4. The Hall–Kier alpha value is -2.47. The average Bonchev–Trinajstić information content (AvgIpc) is 3.34. The van der Waals surface area contributed by atoms with Crippen LogP contribution < -0.4 is 4.90 Å². The SMILES string of the molecule is C[C@](O)(c1ccc(N2CCN(S(=O)(=O)c3cccs3)C[C@H]2Cc2cccc(F)c2)cc1)C(F)(F)F. The van der Waals surface area contributed by atoms with Crippen LogP contribution in [0.4, 0.5) is 23.2 Å². The molecule has 0 saturated carbocycles. The van der Waals surface area contributed by atoms with E-state index in [1.54, 1.807) is 29.6 Å². The number of hydrogen-bond acceptors (Lipinski definition) is 5. The molecule has 1 N–H and O–H groups in total. The molecule has 5 nitrogen and oxygen atoms in total. The minimum Gasteiger partial charge on any atom is -0.376 e. The van der Waals surface area contributed by atoms with E-state index in [-0.39, 0.29) is 22.9 Å². The first-order valence-corrected chi connectivity index (χ1v) is 13.2. The first-order chi connectivity index (χ1) is 16.4. The van der Waals surface area contributed by atoms with E-state index < -0.39 is 33.7 Å². The number of piperazine rings is 1. The minimum atomic E-state index is -4.84. The number of benzene rings is 2. The second kappa shape index (κ2) is 9.53. The third-order valence-corrected chi connectivity index (χ3v) is 9.45. The largest absolute Gasteiger partial charge is 0.421 e. The summed E-state index contributed by atoms with van der Waals surface area (Å²) in [4.78, 5) is 1.91. The van der Waals surface area contributed by atoms with Gasteiger partial charge in [0.25, 0.3) is 10.0 Å². The number of halogens is 4. The number of hydrogen-bond donors (Lipinski definition) is 1. The number of sulfonamides is 1. The first kappa shape index (κ1) is 25.6. The van der Waals surface area contributed by atoms with Crippen molar-refractivity contribution >= 4 is 27.0 Å². The fourth-order valence-corrected chi connectivity index (χ4v) is 6.79. The summed E-state index contributed by atoms with van der Waals surface area (Å²) >= 11 is 1.13. The molecule has 0 unspecified atom stereocenters. The van der Waals surface area contributed by atoms with Crippen LogP contribution in [0.2, 0.25) is 0 Å². The topological polar surface area (TPSA) is 60.9 Å². The highest BCUT2D eigenvalue weighted by Crippen LogP contribution is 2.39. The molecule has 35 heavy (non-hydrogen) atoms. The van der Waals surface area contributed by atoms with Gasteiger partial charge < -0.3 is 10.0 Å². The van der Waals surface area contributed by atoms with E-state index >= 15 is 0 Å². The van der Waals surface area contributed by atoms with Crippen molar-refractivity contribution in [2.75, 3.05) is 24.5 Å². The van der Waals surface area contributed by atoms with Gasteiger partial charge in [-0.1, -0.05) is 30.3 Å². The molecule has 188 valence electrons. The van der Waals surface area contributed by atoms with E-state index in [4.69, 9.17) is 0 Å². The van der Waals surface area contributed by atoms with E-state index in [1.807, 2.05) is 4.90 Å². The zero-order valence-electron chi connectivity index (χ0n) is 18.7. The van der Waals surface area contributed by atoms with Gasteiger partial charge in [-0.3, -0.25) is 0 Å². The van der Waals surface area contributed by atoms with Crippen molar-refractivity contribution in [3.05, 3.63) is 83.0 Å². The Morgan fingerprint density at radius 2 is 1.77 bits per heavy atom. The van der Waals surface area contributed by atoms with Crippen molar-refractivity contribution in [2.45, 2.75) is 35.4 Å². The van der Waals surface area contributed by atoms with Crippen LogP contribution in [0.5, 0.6) is 0 Å². The monoisotopic (exact) mass is 528 g/mol. The lowest BCUT2D eigenvalue weighted by Gasteiger charge is -2.42. The Labute approximate surface area is 205 Å². The molecular formula is C24H24F4N2O3S2. The van der Waals surface area contributed by atoms with Crippen molar-refractivity contribution < 1.29 is 31.1 Å². The van der Waals surface area contributed by atoms with E-state index in [0.29, 0.717) is 31.1 Å². The van der Waals surface area contributed by atoms with Gasteiger partial charge in [-0.2, -0.15) is 17.5 Å². The Kier molecular flexibility index (Phi) is 6.98. The van der Waals surface area contributed by atoms with Crippen molar-refractivity contribution in [3.8, 4) is 0 Å². The molecule has 0 amide bonds. The lowest BCUT2D eigenvalue weighted by atomic mass is 9.94. The second-order valence-electron chi connectivity index (χ2n) is 8.59. The molecule has 0 bridgehead atoms. The van der Waals surface area contributed by atoms with Crippen molar-refractivity contribution in [3.63, 3.8) is 0 Å². The maximum absolute atomic E-state index is 13.8. The number of nitrogens with zero attached hydrogens (tertiary/aromatic N) is 2. The van der Waals surface area contributed by atoms with Crippen LogP contribution in [0.1, 0.15) is 18.1 Å². The van der Waals surface area contributed by atoms with E-state index in [0.717, 1.165) is 11.3 Å². The minimum absolute atomic E-state index is 0.124. The maximum atomic E-state index is 13.8. The molecule has 1 aliphatic rings. The van der Waals surface area contributed by atoms with Gasteiger partial charge in [0, 0.05) is 31.4 Å². The maximum Gasteiger partial charge on any atom is 0.421 e. The van der Waals surface area contributed by atoms with Gasteiger partial charge in [0.15, 0.2) is 5.60 Å². The molecule has 1 aromatic heterocycles. The quantitative estimate of drug-likeness (QED) is 0.468. The van der Waals surface area contributed by atoms with Crippen LogP contribution in [0, 0.1) is 5.82 Å². The number of rotatable bonds is 6. The Bertz CT molecular complexity index is 1260. The normalized spacial score (nSPS) is 19.5. The highest BCUT2D eigenvalue weighted by molar-refractivity contribution is 7.91. The van der Waals surface area contributed by atoms with Crippen molar-refractivity contribution in [2.24, 2.45) is 0 Å². The Morgan fingerprint density at radius 1 is 1.06 bits per heavy atom. The fraction of sp³-hybridized carbons (Fsp3) is 0.333. The predicted molar refractivity (Wildman–Crippen MR) is 126 cm³/mol. The molecule has 2 aromatic carbocycles. The summed E-state index contributed by atoms with van der Waals surface area (Å²) in [7, 11) is -3.71. The highest BCUT2D eigenvalue weighted by Gasteiger charge is 2.51. The number of aliphatic hydroxyl groups is 1. The summed E-state index contributed by atoms with van der Waals surface area (Å²) in [5.41, 5.74) is -2.04. The highest BCUT2D eigenvalue weighted by atomic mass is 32.2. The van der Waals surface area contributed by atoms with Gasteiger partial charge in [-0.05, 0) is 60.2 Å². The Morgan fingerprint density at radius 3 is 2.37 bits per heavy atom. The Balaban J connectivity index is 1.64. The van der Waals surface area contributed by atoms with Gasteiger partial charge in [-0.25, -0.2) is 12.8 Å². The van der Waals surface area contributed by atoms with E-state index in [1.165, 1.54) is 40.7 Å². The molecule has 4 rings (SSSR count). The molecule has 2 atom stereocenters. The van der Waals surface area contributed by atoms with Crippen molar-refractivity contribution in [1.29, 1.82) is 0 Å². The van der Waals surface area contributed by atoms with Gasteiger partial charge in [-0.15, -0.1) is 11.3 Å². The molecule has 0 spiro atoms. The lowest BCUT2D eigenvalue weighted by Crippen LogP contribution is -2.55. The van der Waals surface area contributed by atoms with Crippen LogP contribution in [0.3, 0.4) is 0 Å². The molecule has 0 radical (unpaired) electrons. The smallest absolute Gasteiger partial charge is 0.376 e. The molecule has 1 aliphatic heterocycles. The number of thiophene rings is 1. The zero-order valence-corrected chi connectivity index (χ0v) is 20.4. The molecule has 1 saturated heterocycles. The molecular weight excluding hydrogens is 504 g/mol. The summed E-state index contributed by atoms with van der Waals surface area (Å²) in [5.74, 6) is -0.411. The fourth-order valence-electron chi connectivity index (χ4n) is 4.17. The van der Waals surface area contributed by atoms with E-state index in [2.05, 4.69) is 0 Å². The molecule has 1 fully saturated rings. The molecule has 3 aromatic rings. The van der Waals surface area contributed by atoms with Crippen LogP contribution in [-0.2, 0) is 22.0 Å². The standard InChI is InChI=1S/C24H24F4N2O3S2/c1-23(31,24(26,27)28)18-7-9-20(10-8-18)30-12-11-29(35(32,33)22-6-3-13-34-22)16-21(30)15-17-4-2-5-19(25)14-17/h2-10,13-14,21,31H,11-12,15-16H2,1H3/t21-,23+/m1/s1. The summed E-state index contributed by atoms with van der Waals surface area (Å²) in [5, 5.41) is 11.6. The molecule has 2 heterocycles. The number of alkyl halides is 3. The average molecular weight is 529 g/mol. The summed E-state index contributed by atoms with van der Waals surface area (Å²) in [6.45, 7) is 1.29. The zero-order chi connectivity index (χ0) is 25.4. The number of anilines is 1. The first-order valence-electron chi connectivity index (χ1n) is 10.8. The lowest BCUT2D eigenvalue weighted by molar-refractivity contribution is -0.258. The second-order valence-corrected chi connectivity index (χ2v) is 11.7. The van der Waals surface area contributed by atoms with Gasteiger partial charge in [0.2, 0.25) is 0 Å². The predicted octanol–water partition coefficient (Wildman–Crippen LogP) is 4.78. The van der Waals surface area contributed by atoms with Crippen LogP contribution in [0.25, 0.3) is 0 Å². The van der Waals surface area contributed by atoms with Crippen LogP contribution in [0.15, 0.2) is 70.3 Å². The van der Waals surface area contributed by atoms with Gasteiger partial charge >= 0.3 is 6.18 Å². The summed E-state index contributed by atoms with van der Waals surface area (Å²) in [6.07, 6.45) is -4.51. The van der Waals surface area contributed by atoms with Crippen LogP contribution in [-0.4, -0.2) is 49.7 Å². The van der Waals surface area contributed by atoms with Gasteiger partial charge in [0.05, 0.1) is 0 Å². The van der Waals surface area contributed by atoms with Gasteiger partial charge in [0.1, 0.15) is 10.0 Å².